The Morgan fingerprint density at radius 1 is 1.56 bits per heavy atom. The van der Waals surface area contributed by atoms with Crippen LogP contribution >= 0.6 is 11.6 Å². The van der Waals surface area contributed by atoms with E-state index in [0.717, 1.165) is 25.0 Å². The number of aliphatic hydroxyl groups excluding tert-OH is 1. The van der Waals surface area contributed by atoms with Crippen LogP contribution in [0.2, 0.25) is 5.15 Å². The third kappa shape index (κ3) is 3.21. The van der Waals surface area contributed by atoms with Gasteiger partial charge in [0.2, 0.25) is 0 Å². The lowest BCUT2D eigenvalue weighted by Gasteiger charge is -2.14. The molecule has 2 rings (SSSR count). The van der Waals surface area contributed by atoms with Gasteiger partial charge in [-0.15, -0.1) is 0 Å². The number of carbonyl (C=O) groups excluding carboxylic acids is 1. The number of rotatable bonds is 5. The lowest BCUT2D eigenvalue weighted by atomic mass is 10.0. The topological polar surface area (TPSA) is 62.2 Å². The third-order valence-electron chi connectivity index (χ3n) is 3.41. The fourth-order valence-electron chi connectivity index (χ4n) is 2.06. The van der Waals surface area contributed by atoms with E-state index in [4.69, 9.17) is 16.7 Å². The monoisotopic (exact) mass is 268 g/mol. The highest BCUT2D eigenvalue weighted by molar-refractivity contribution is 6.29. The molecule has 1 aromatic heterocycles. The molecular formula is C13H17ClN2O2. The Kier molecular flexibility index (Phi) is 3.88. The Morgan fingerprint density at radius 2 is 2.28 bits per heavy atom. The van der Waals surface area contributed by atoms with Gasteiger partial charge in [0.15, 0.2) is 0 Å². The number of aryl methyl sites for hydroxylation is 1. The van der Waals surface area contributed by atoms with Gasteiger partial charge >= 0.3 is 0 Å². The quantitative estimate of drug-likeness (QED) is 0.802. The second kappa shape index (κ2) is 5.24. The van der Waals surface area contributed by atoms with Crippen molar-refractivity contribution in [2.45, 2.75) is 26.2 Å². The van der Waals surface area contributed by atoms with Crippen molar-refractivity contribution in [1.82, 2.24) is 10.3 Å². The third-order valence-corrected chi connectivity index (χ3v) is 3.60. The zero-order valence-electron chi connectivity index (χ0n) is 10.4. The van der Waals surface area contributed by atoms with Gasteiger partial charge < -0.3 is 10.4 Å². The molecule has 98 valence electrons. The standard InChI is InChI=1S/C13H17ClN2O2/c1-9-6-10(7-11(14)16-9)12(18)15-8-13(2-3-13)4-5-17/h6-7,17H,2-5,8H2,1H3,(H,15,18). The fourth-order valence-corrected chi connectivity index (χ4v) is 2.31. The maximum Gasteiger partial charge on any atom is 0.251 e. The minimum absolute atomic E-state index is 0.121. The minimum Gasteiger partial charge on any atom is -0.396 e. The molecule has 1 aliphatic carbocycles. The molecule has 1 fully saturated rings. The van der Waals surface area contributed by atoms with Crippen LogP contribution in [0.3, 0.4) is 0 Å². The molecule has 0 radical (unpaired) electrons. The predicted molar refractivity (Wildman–Crippen MR) is 69.7 cm³/mol. The van der Waals surface area contributed by atoms with Gasteiger partial charge in [0.1, 0.15) is 5.15 Å². The highest BCUT2D eigenvalue weighted by atomic mass is 35.5. The van der Waals surface area contributed by atoms with E-state index in [9.17, 15) is 4.79 Å². The lowest BCUT2D eigenvalue weighted by Crippen LogP contribution is -2.30. The first-order chi connectivity index (χ1) is 8.54. The van der Waals surface area contributed by atoms with Crippen LogP contribution in [0.15, 0.2) is 12.1 Å². The van der Waals surface area contributed by atoms with Crippen molar-refractivity contribution in [2.75, 3.05) is 13.2 Å². The molecule has 0 spiro atoms. The summed E-state index contributed by atoms with van der Waals surface area (Å²) in [6, 6.07) is 3.28. The average molecular weight is 269 g/mol. The number of amides is 1. The van der Waals surface area contributed by atoms with E-state index in [1.165, 1.54) is 0 Å². The lowest BCUT2D eigenvalue weighted by molar-refractivity contribution is 0.0940. The van der Waals surface area contributed by atoms with Crippen LogP contribution in [0.1, 0.15) is 35.3 Å². The number of carbonyl (C=O) groups is 1. The summed E-state index contributed by atoms with van der Waals surface area (Å²) in [5.41, 5.74) is 1.38. The number of aliphatic hydroxyl groups is 1. The van der Waals surface area contributed by atoms with Crippen LogP contribution in [0.5, 0.6) is 0 Å². The van der Waals surface area contributed by atoms with Gasteiger partial charge in [-0.2, -0.15) is 0 Å². The summed E-state index contributed by atoms with van der Waals surface area (Å²) in [6.45, 7) is 2.60. The Morgan fingerprint density at radius 3 is 2.83 bits per heavy atom. The number of nitrogens with one attached hydrogen (secondary N) is 1. The van der Waals surface area contributed by atoms with Gasteiger partial charge in [0.05, 0.1) is 0 Å². The summed E-state index contributed by atoms with van der Waals surface area (Å²) in [5, 5.41) is 12.2. The van der Waals surface area contributed by atoms with E-state index in [0.29, 0.717) is 17.3 Å². The number of halogens is 1. The molecule has 18 heavy (non-hydrogen) atoms. The summed E-state index contributed by atoms with van der Waals surface area (Å²) >= 11 is 5.82. The van der Waals surface area contributed by atoms with Crippen LogP contribution < -0.4 is 5.32 Å². The van der Waals surface area contributed by atoms with Gasteiger partial charge in [-0.05, 0) is 43.7 Å². The molecule has 1 saturated carbocycles. The first-order valence-corrected chi connectivity index (χ1v) is 6.46. The maximum absolute atomic E-state index is 12.0. The predicted octanol–water partition coefficient (Wildman–Crippen LogP) is 1.94. The van der Waals surface area contributed by atoms with Crippen molar-refractivity contribution in [3.8, 4) is 0 Å². The average Bonchev–Trinajstić information content (AvgIpc) is 3.06. The Hall–Kier alpha value is -1.13. The number of pyridine rings is 1. The summed E-state index contributed by atoms with van der Waals surface area (Å²) in [4.78, 5) is 16.0. The smallest absolute Gasteiger partial charge is 0.251 e. The van der Waals surface area contributed by atoms with Crippen LogP contribution in [-0.2, 0) is 0 Å². The van der Waals surface area contributed by atoms with E-state index >= 15 is 0 Å². The molecule has 0 unspecified atom stereocenters. The highest BCUT2D eigenvalue weighted by Gasteiger charge is 2.41. The Labute approximate surface area is 111 Å². The molecule has 1 heterocycles. The van der Waals surface area contributed by atoms with Gasteiger partial charge in [0, 0.05) is 24.4 Å². The van der Waals surface area contributed by atoms with Gasteiger partial charge in [-0.1, -0.05) is 11.6 Å². The fraction of sp³-hybridized carbons (Fsp3) is 0.538. The molecule has 4 nitrogen and oxygen atoms in total. The number of aromatic nitrogens is 1. The minimum atomic E-state index is -0.133. The second-order valence-corrected chi connectivity index (χ2v) is 5.36. The maximum atomic E-state index is 12.0. The normalized spacial score (nSPS) is 16.4. The molecule has 0 aromatic carbocycles. The summed E-state index contributed by atoms with van der Waals surface area (Å²) < 4.78 is 0. The SMILES string of the molecule is Cc1cc(C(=O)NCC2(CCO)CC2)cc(Cl)n1. The van der Waals surface area contributed by atoms with Gasteiger partial charge in [-0.3, -0.25) is 4.79 Å². The van der Waals surface area contributed by atoms with Crippen molar-refractivity contribution in [1.29, 1.82) is 0 Å². The largest absolute Gasteiger partial charge is 0.396 e. The molecule has 5 heteroatoms. The summed E-state index contributed by atoms with van der Waals surface area (Å²) in [6.07, 6.45) is 2.90. The molecule has 1 amide bonds. The van der Waals surface area contributed by atoms with Crippen molar-refractivity contribution in [3.05, 3.63) is 28.5 Å². The summed E-state index contributed by atoms with van der Waals surface area (Å²) in [5.74, 6) is -0.133. The van der Waals surface area contributed by atoms with E-state index < -0.39 is 0 Å². The zero-order valence-corrected chi connectivity index (χ0v) is 11.1. The number of hydrogen-bond acceptors (Lipinski definition) is 3. The van der Waals surface area contributed by atoms with E-state index in [1.807, 2.05) is 0 Å². The van der Waals surface area contributed by atoms with Crippen LogP contribution in [0.25, 0.3) is 0 Å². The molecule has 1 aliphatic rings. The highest BCUT2D eigenvalue weighted by Crippen LogP contribution is 2.47. The summed E-state index contributed by atoms with van der Waals surface area (Å²) in [7, 11) is 0. The van der Waals surface area contributed by atoms with E-state index in [2.05, 4.69) is 10.3 Å². The van der Waals surface area contributed by atoms with Gasteiger partial charge in [0.25, 0.3) is 5.91 Å². The second-order valence-electron chi connectivity index (χ2n) is 4.98. The van der Waals surface area contributed by atoms with Crippen molar-refractivity contribution >= 4 is 17.5 Å². The van der Waals surface area contributed by atoms with E-state index in [1.54, 1.807) is 19.1 Å². The van der Waals surface area contributed by atoms with Crippen LogP contribution in [0.4, 0.5) is 0 Å². The molecule has 1 aromatic rings. The van der Waals surface area contributed by atoms with Crippen molar-refractivity contribution < 1.29 is 9.90 Å². The van der Waals surface area contributed by atoms with Crippen molar-refractivity contribution in [3.63, 3.8) is 0 Å². The number of nitrogens with zero attached hydrogens (tertiary/aromatic N) is 1. The van der Waals surface area contributed by atoms with Crippen LogP contribution in [-0.4, -0.2) is 29.1 Å². The molecule has 0 aliphatic heterocycles. The van der Waals surface area contributed by atoms with Crippen LogP contribution in [0, 0.1) is 12.3 Å². The molecular weight excluding hydrogens is 252 g/mol. The molecule has 2 N–H and O–H groups in total. The zero-order chi connectivity index (χ0) is 13.2. The first-order valence-electron chi connectivity index (χ1n) is 6.08. The van der Waals surface area contributed by atoms with E-state index in [-0.39, 0.29) is 17.9 Å². The van der Waals surface area contributed by atoms with Gasteiger partial charge in [-0.25, -0.2) is 4.98 Å². The van der Waals surface area contributed by atoms with Crippen molar-refractivity contribution in [2.24, 2.45) is 5.41 Å². The Bertz CT molecular complexity index is 438. The number of hydrogen-bond donors (Lipinski definition) is 2. The Balaban J connectivity index is 1.95. The molecule has 0 bridgehead atoms. The molecule has 0 atom stereocenters. The first kappa shape index (κ1) is 13.3. The molecule has 0 saturated heterocycles.